The summed E-state index contributed by atoms with van der Waals surface area (Å²) < 4.78 is 5.82. The minimum atomic E-state index is -0.0580. The van der Waals surface area contributed by atoms with Gasteiger partial charge in [0.15, 0.2) is 5.78 Å². The van der Waals surface area contributed by atoms with Gasteiger partial charge in [0, 0.05) is 11.5 Å². The van der Waals surface area contributed by atoms with Crippen molar-refractivity contribution in [2.24, 2.45) is 11.8 Å². The Bertz CT molecular complexity index is 867. The molecular formula is C20H17Cl2NO2. The number of nitrogens with zero attached hydrogens (tertiary/aromatic N) is 1. The number of ketones is 1. The van der Waals surface area contributed by atoms with Crippen molar-refractivity contribution in [2.45, 2.75) is 26.9 Å². The zero-order valence-corrected chi connectivity index (χ0v) is 15.5. The number of hydrogen-bond acceptors (Lipinski definition) is 3. The third kappa shape index (κ3) is 3.38. The van der Waals surface area contributed by atoms with Crippen molar-refractivity contribution in [1.82, 2.24) is 0 Å². The molecule has 0 N–H and O–H groups in total. The average Bonchev–Trinajstić information content (AvgIpc) is 2.94. The van der Waals surface area contributed by atoms with E-state index < -0.39 is 0 Å². The van der Waals surface area contributed by atoms with Crippen molar-refractivity contribution >= 4 is 29.0 Å². The summed E-state index contributed by atoms with van der Waals surface area (Å²) in [6.07, 6.45) is 0.663. The van der Waals surface area contributed by atoms with E-state index in [9.17, 15) is 4.79 Å². The number of rotatable bonds is 4. The van der Waals surface area contributed by atoms with Crippen LogP contribution >= 0.6 is 23.2 Å². The van der Waals surface area contributed by atoms with Crippen LogP contribution in [0.1, 0.15) is 40.9 Å². The molecule has 25 heavy (non-hydrogen) atoms. The number of nitriles is 1. The number of carbonyl (C=O) groups excluding carboxylic acids is 1. The number of Topliss-reactive ketones (excluding diaryl/α,β-unsaturated/α-hetero) is 1. The van der Waals surface area contributed by atoms with Gasteiger partial charge in [-0.25, -0.2) is 0 Å². The van der Waals surface area contributed by atoms with E-state index in [0.29, 0.717) is 29.9 Å². The van der Waals surface area contributed by atoms with Crippen molar-refractivity contribution in [3.8, 4) is 11.8 Å². The van der Waals surface area contributed by atoms with Crippen LogP contribution in [-0.2, 0) is 13.0 Å². The highest BCUT2D eigenvalue weighted by molar-refractivity contribution is 6.45. The third-order valence-electron chi connectivity index (χ3n) is 4.56. The number of benzene rings is 2. The summed E-state index contributed by atoms with van der Waals surface area (Å²) in [5, 5.41) is 9.38. The first kappa shape index (κ1) is 17.8. The highest BCUT2D eigenvalue weighted by Crippen LogP contribution is 2.43. The summed E-state index contributed by atoms with van der Waals surface area (Å²) in [6.45, 7) is 4.38. The van der Waals surface area contributed by atoms with Gasteiger partial charge in [-0.1, -0.05) is 49.2 Å². The minimum absolute atomic E-state index is 0.0580. The normalized spacial score (nSPS) is 16.0. The number of carbonyl (C=O) groups is 1. The van der Waals surface area contributed by atoms with Gasteiger partial charge in [0.2, 0.25) is 0 Å². The molecule has 0 aromatic heterocycles. The monoisotopic (exact) mass is 373 g/mol. The Balaban J connectivity index is 1.84. The summed E-state index contributed by atoms with van der Waals surface area (Å²) in [4.78, 5) is 12.6. The molecular weight excluding hydrogens is 357 g/mol. The molecule has 128 valence electrons. The lowest BCUT2D eigenvalue weighted by atomic mass is 9.92. The van der Waals surface area contributed by atoms with E-state index in [2.05, 4.69) is 6.07 Å². The van der Waals surface area contributed by atoms with Crippen molar-refractivity contribution in [3.63, 3.8) is 0 Å². The fraction of sp³-hybridized carbons (Fsp3) is 0.300. The first-order chi connectivity index (χ1) is 11.9. The van der Waals surface area contributed by atoms with Crippen molar-refractivity contribution < 1.29 is 9.53 Å². The summed E-state index contributed by atoms with van der Waals surface area (Å²) in [5.74, 6) is 0.734. The molecule has 1 unspecified atom stereocenters. The second kappa shape index (κ2) is 7.07. The van der Waals surface area contributed by atoms with Crippen LogP contribution in [0.5, 0.6) is 5.75 Å². The molecule has 0 bridgehead atoms. The van der Waals surface area contributed by atoms with E-state index in [1.165, 1.54) is 0 Å². The Morgan fingerprint density at radius 3 is 2.52 bits per heavy atom. The molecule has 0 fully saturated rings. The van der Waals surface area contributed by atoms with Crippen LogP contribution in [0, 0.1) is 23.2 Å². The molecule has 0 saturated carbocycles. The Hall–Kier alpha value is -2.02. The Labute approximate surface area is 157 Å². The predicted octanol–water partition coefficient (Wildman–Crippen LogP) is 5.46. The highest BCUT2D eigenvalue weighted by atomic mass is 35.5. The zero-order valence-electron chi connectivity index (χ0n) is 14.0. The largest absolute Gasteiger partial charge is 0.487 e. The first-order valence-corrected chi connectivity index (χ1v) is 8.85. The van der Waals surface area contributed by atoms with Gasteiger partial charge < -0.3 is 4.74 Å². The van der Waals surface area contributed by atoms with Crippen LogP contribution in [0.15, 0.2) is 30.3 Å². The molecule has 0 aliphatic heterocycles. The third-order valence-corrected chi connectivity index (χ3v) is 5.41. The molecule has 0 amide bonds. The second-order valence-corrected chi connectivity index (χ2v) is 7.31. The smallest absolute Gasteiger partial charge is 0.168 e. The van der Waals surface area contributed by atoms with Gasteiger partial charge >= 0.3 is 0 Å². The Morgan fingerprint density at radius 2 is 1.92 bits per heavy atom. The fourth-order valence-electron chi connectivity index (χ4n) is 3.08. The first-order valence-electron chi connectivity index (χ1n) is 8.09. The van der Waals surface area contributed by atoms with E-state index in [1.54, 1.807) is 12.1 Å². The maximum absolute atomic E-state index is 12.6. The number of hydrogen-bond donors (Lipinski definition) is 0. The quantitative estimate of drug-likeness (QED) is 0.715. The predicted molar refractivity (Wildman–Crippen MR) is 98.3 cm³/mol. The number of halogens is 2. The molecule has 3 nitrogen and oxygen atoms in total. The molecule has 5 heteroatoms. The maximum atomic E-state index is 12.6. The van der Waals surface area contributed by atoms with Gasteiger partial charge in [-0.05, 0) is 41.7 Å². The van der Waals surface area contributed by atoms with Crippen molar-refractivity contribution in [2.75, 3.05) is 0 Å². The van der Waals surface area contributed by atoms with E-state index in [0.717, 1.165) is 11.1 Å². The van der Waals surface area contributed by atoms with E-state index in [-0.39, 0.29) is 27.7 Å². The molecule has 1 atom stereocenters. The average molecular weight is 374 g/mol. The van der Waals surface area contributed by atoms with Crippen molar-refractivity contribution in [3.05, 3.63) is 62.6 Å². The summed E-state index contributed by atoms with van der Waals surface area (Å²) in [5.41, 5.74) is 2.95. The molecule has 3 rings (SSSR count). The van der Waals surface area contributed by atoms with Crippen LogP contribution in [0.2, 0.25) is 10.0 Å². The van der Waals surface area contributed by atoms with E-state index in [1.807, 2.05) is 32.0 Å². The van der Waals surface area contributed by atoms with Crippen LogP contribution < -0.4 is 4.74 Å². The number of fused-ring (bicyclic) bond motifs is 1. The van der Waals surface area contributed by atoms with Gasteiger partial charge in [0.1, 0.15) is 17.4 Å². The van der Waals surface area contributed by atoms with Gasteiger partial charge in [-0.2, -0.15) is 5.26 Å². The van der Waals surface area contributed by atoms with E-state index in [4.69, 9.17) is 33.2 Å². The van der Waals surface area contributed by atoms with Crippen LogP contribution in [0.3, 0.4) is 0 Å². The molecule has 0 saturated heterocycles. The zero-order chi connectivity index (χ0) is 18.1. The molecule has 1 aliphatic carbocycles. The second-order valence-electron chi connectivity index (χ2n) is 6.55. The molecule has 0 spiro atoms. The SMILES string of the molecule is CC(C)C1Cc2cc(OCc3ccc(C#N)cc3)c(Cl)c(Cl)c2C1=O. The van der Waals surface area contributed by atoms with Gasteiger partial charge in [-0.15, -0.1) is 0 Å². The lowest BCUT2D eigenvalue weighted by Gasteiger charge is -2.12. The van der Waals surface area contributed by atoms with Crippen LogP contribution in [0.4, 0.5) is 0 Å². The standard InChI is InChI=1S/C20H17Cl2NO2/c1-11(2)15-7-14-8-16(18(21)19(22)17(14)20(15)24)25-10-13-5-3-12(9-23)4-6-13/h3-6,8,11,15H,7,10H2,1-2H3. The minimum Gasteiger partial charge on any atom is -0.487 e. The summed E-state index contributed by atoms with van der Waals surface area (Å²) in [6, 6.07) is 11.0. The van der Waals surface area contributed by atoms with Gasteiger partial charge in [-0.3, -0.25) is 4.79 Å². The topological polar surface area (TPSA) is 50.1 Å². The van der Waals surface area contributed by atoms with Crippen LogP contribution in [0.25, 0.3) is 0 Å². The van der Waals surface area contributed by atoms with Gasteiger partial charge in [0.05, 0.1) is 16.7 Å². The lowest BCUT2D eigenvalue weighted by Crippen LogP contribution is -2.15. The molecule has 2 aromatic rings. The van der Waals surface area contributed by atoms with Gasteiger partial charge in [0.25, 0.3) is 0 Å². The Kier molecular flexibility index (Phi) is 5.03. The molecule has 1 aliphatic rings. The van der Waals surface area contributed by atoms with E-state index >= 15 is 0 Å². The lowest BCUT2D eigenvalue weighted by molar-refractivity contribution is 0.0906. The molecule has 2 aromatic carbocycles. The highest BCUT2D eigenvalue weighted by Gasteiger charge is 2.36. The summed E-state index contributed by atoms with van der Waals surface area (Å²) in [7, 11) is 0. The number of ether oxygens (including phenoxy) is 1. The molecule has 0 radical (unpaired) electrons. The van der Waals surface area contributed by atoms with Crippen molar-refractivity contribution in [1.29, 1.82) is 5.26 Å². The fourth-order valence-corrected chi connectivity index (χ4v) is 3.59. The summed E-state index contributed by atoms with van der Waals surface area (Å²) >= 11 is 12.7. The molecule has 0 heterocycles. The van der Waals surface area contributed by atoms with Crippen LogP contribution in [-0.4, -0.2) is 5.78 Å². The maximum Gasteiger partial charge on any atom is 0.168 e. The Morgan fingerprint density at radius 1 is 1.24 bits per heavy atom.